The van der Waals surface area contributed by atoms with E-state index in [9.17, 15) is 14.9 Å². The van der Waals surface area contributed by atoms with Gasteiger partial charge in [-0.05, 0) is 73.6 Å². The number of aliphatic imine (C=N–C) groups is 1. The van der Waals surface area contributed by atoms with E-state index < -0.39 is 0 Å². The molecule has 2 aliphatic heterocycles. The van der Waals surface area contributed by atoms with Gasteiger partial charge in [-0.15, -0.1) is 0 Å². The third-order valence-electron chi connectivity index (χ3n) is 6.91. The number of ether oxygens (including phenoxy) is 3. The van der Waals surface area contributed by atoms with E-state index in [0.717, 1.165) is 11.1 Å². The summed E-state index contributed by atoms with van der Waals surface area (Å²) in [6.45, 7) is 7.10. The molecule has 5 rings (SSSR count). The molecule has 0 aromatic heterocycles. The lowest BCUT2D eigenvalue weighted by Crippen LogP contribution is -2.40. The molecule has 2 heterocycles. The molecule has 0 atom stereocenters. The Kier molecular flexibility index (Phi) is 9.77. The summed E-state index contributed by atoms with van der Waals surface area (Å²) in [5.41, 5.74) is 3.28. The van der Waals surface area contributed by atoms with Gasteiger partial charge in [0.05, 0.1) is 42.0 Å². The first-order chi connectivity index (χ1) is 21.0. The Morgan fingerprint density at radius 2 is 1.86 bits per heavy atom. The topological polar surface area (TPSA) is 104 Å². The van der Waals surface area contributed by atoms with Crippen molar-refractivity contribution in [3.05, 3.63) is 93.9 Å². The van der Waals surface area contributed by atoms with Gasteiger partial charge >= 0.3 is 0 Å². The number of thioether (sulfide) groups is 1. The Morgan fingerprint density at radius 3 is 2.63 bits per heavy atom. The first-order valence-corrected chi connectivity index (χ1v) is 15.0. The lowest BCUT2D eigenvalue weighted by molar-refractivity contribution is -0.122. The van der Waals surface area contributed by atoms with Gasteiger partial charge in [0.25, 0.3) is 11.8 Å². The molecule has 2 saturated heterocycles. The van der Waals surface area contributed by atoms with Crippen LogP contribution in [0.5, 0.6) is 11.5 Å². The maximum absolute atomic E-state index is 13.3. The van der Waals surface area contributed by atoms with Crippen LogP contribution in [0.25, 0.3) is 6.08 Å². The van der Waals surface area contributed by atoms with Crippen molar-refractivity contribution in [2.24, 2.45) is 4.99 Å². The lowest BCUT2D eigenvalue weighted by atomic mass is 10.1. The summed E-state index contributed by atoms with van der Waals surface area (Å²) in [6.07, 6.45) is 1.81. The van der Waals surface area contributed by atoms with E-state index in [2.05, 4.69) is 6.07 Å². The molecule has 10 heteroatoms. The number of rotatable bonds is 9. The quantitative estimate of drug-likeness (QED) is 0.295. The molecule has 2 amide bonds. The fourth-order valence-electron chi connectivity index (χ4n) is 4.70. The molecule has 43 heavy (non-hydrogen) atoms. The van der Waals surface area contributed by atoms with Crippen LogP contribution in [-0.4, -0.2) is 66.2 Å². The number of nitrogens with zero attached hydrogens (tertiary/aromatic N) is 4. The molecule has 3 aromatic rings. The van der Waals surface area contributed by atoms with Crippen LogP contribution in [-0.2, 0) is 16.1 Å². The van der Waals surface area contributed by atoms with E-state index in [1.54, 1.807) is 40.1 Å². The van der Waals surface area contributed by atoms with Crippen molar-refractivity contribution >= 4 is 40.5 Å². The van der Waals surface area contributed by atoms with Crippen LogP contribution in [0.15, 0.2) is 76.6 Å². The van der Waals surface area contributed by atoms with Gasteiger partial charge in [0, 0.05) is 30.8 Å². The number of amidine groups is 1. The van der Waals surface area contributed by atoms with E-state index >= 15 is 0 Å². The second-order valence-electron chi connectivity index (χ2n) is 9.71. The average Bonchev–Trinajstić information content (AvgIpc) is 3.33. The predicted octanol–water partition coefficient (Wildman–Crippen LogP) is 5.63. The summed E-state index contributed by atoms with van der Waals surface area (Å²) in [5.74, 6) is 0.897. The van der Waals surface area contributed by atoms with Crippen LogP contribution in [0.3, 0.4) is 0 Å². The van der Waals surface area contributed by atoms with Crippen molar-refractivity contribution in [3.63, 3.8) is 0 Å². The molecule has 0 N–H and O–H groups in total. The standard InChI is InChI=1S/C33H32N4O5S/c1-3-37-32(39)30(43-33(37)35-27-11-7-10-24(20-27)31(38)36-14-16-40-17-15-36)19-23-12-13-28(29(18-23)41-4-2)42-22-26-9-6-5-8-25(26)21-34/h5-13,18-20H,3-4,14-17,22H2,1-2H3/b30-19+,35-33?. The number of likely N-dealkylation sites (N-methyl/N-ethyl adjacent to an activating group) is 1. The number of hydrogen-bond acceptors (Lipinski definition) is 8. The normalized spacial score (nSPS) is 16.9. The number of carbonyl (C=O) groups excluding carboxylic acids is 2. The highest BCUT2D eigenvalue weighted by Crippen LogP contribution is 2.36. The van der Waals surface area contributed by atoms with E-state index in [-0.39, 0.29) is 18.4 Å². The highest BCUT2D eigenvalue weighted by Gasteiger charge is 2.32. The molecular weight excluding hydrogens is 564 g/mol. The minimum atomic E-state index is -0.141. The number of morpholine rings is 1. The maximum atomic E-state index is 13.3. The molecular formula is C33H32N4O5S. The zero-order chi connectivity index (χ0) is 30.2. The van der Waals surface area contributed by atoms with Gasteiger partial charge in [-0.25, -0.2) is 4.99 Å². The number of benzene rings is 3. The molecule has 0 spiro atoms. The van der Waals surface area contributed by atoms with Crippen molar-refractivity contribution in [2.75, 3.05) is 39.5 Å². The van der Waals surface area contributed by atoms with Crippen molar-refractivity contribution in [3.8, 4) is 17.6 Å². The Balaban J connectivity index is 1.35. The number of amides is 2. The molecule has 3 aromatic carbocycles. The molecule has 0 unspecified atom stereocenters. The Bertz CT molecular complexity index is 1610. The molecule has 0 aliphatic carbocycles. The maximum Gasteiger partial charge on any atom is 0.266 e. The minimum Gasteiger partial charge on any atom is -0.490 e. The van der Waals surface area contributed by atoms with Gasteiger partial charge in [0.1, 0.15) is 6.61 Å². The molecule has 0 saturated carbocycles. The lowest BCUT2D eigenvalue weighted by Gasteiger charge is -2.26. The fourth-order valence-corrected chi connectivity index (χ4v) is 5.76. The van der Waals surface area contributed by atoms with Gasteiger partial charge in [-0.1, -0.05) is 30.3 Å². The van der Waals surface area contributed by atoms with Gasteiger partial charge in [0.15, 0.2) is 16.7 Å². The Labute approximate surface area is 255 Å². The van der Waals surface area contributed by atoms with E-state index in [0.29, 0.717) is 77.8 Å². The van der Waals surface area contributed by atoms with Gasteiger partial charge in [-0.2, -0.15) is 5.26 Å². The van der Waals surface area contributed by atoms with Crippen molar-refractivity contribution < 1.29 is 23.8 Å². The zero-order valence-corrected chi connectivity index (χ0v) is 24.9. The number of nitriles is 1. The second-order valence-corrected chi connectivity index (χ2v) is 10.7. The fraction of sp³-hybridized carbons (Fsp3) is 0.273. The monoisotopic (exact) mass is 596 g/mol. The van der Waals surface area contributed by atoms with E-state index in [1.165, 1.54) is 11.8 Å². The van der Waals surface area contributed by atoms with Crippen LogP contribution >= 0.6 is 11.8 Å². The first kappa shape index (κ1) is 29.9. The van der Waals surface area contributed by atoms with Crippen LogP contribution in [0.1, 0.15) is 40.9 Å². The molecule has 0 bridgehead atoms. The van der Waals surface area contributed by atoms with Crippen molar-refractivity contribution in [1.29, 1.82) is 5.26 Å². The summed E-state index contributed by atoms with van der Waals surface area (Å²) in [7, 11) is 0. The van der Waals surface area contributed by atoms with E-state index in [1.807, 2.05) is 56.3 Å². The number of carbonyl (C=O) groups is 2. The summed E-state index contributed by atoms with van der Waals surface area (Å²) in [6, 6.07) is 22.2. The largest absolute Gasteiger partial charge is 0.490 e. The summed E-state index contributed by atoms with van der Waals surface area (Å²) in [5, 5.41) is 9.92. The van der Waals surface area contributed by atoms with Crippen LogP contribution in [0.4, 0.5) is 5.69 Å². The third-order valence-corrected chi connectivity index (χ3v) is 7.91. The molecule has 2 fully saturated rings. The average molecular weight is 597 g/mol. The highest BCUT2D eigenvalue weighted by molar-refractivity contribution is 8.18. The summed E-state index contributed by atoms with van der Waals surface area (Å²) < 4.78 is 17.2. The minimum absolute atomic E-state index is 0.0553. The van der Waals surface area contributed by atoms with Gasteiger partial charge < -0.3 is 19.1 Å². The molecule has 0 radical (unpaired) electrons. The second kappa shape index (κ2) is 14.1. The van der Waals surface area contributed by atoms with Crippen molar-refractivity contribution in [1.82, 2.24) is 9.80 Å². The van der Waals surface area contributed by atoms with Gasteiger partial charge in [0.2, 0.25) is 0 Å². The van der Waals surface area contributed by atoms with Crippen molar-refractivity contribution in [2.45, 2.75) is 20.5 Å². The first-order valence-electron chi connectivity index (χ1n) is 14.2. The summed E-state index contributed by atoms with van der Waals surface area (Å²) >= 11 is 1.29. The smallest absolute Gasteiger partial charge is 0.266 e. The summed E-state index contributed by atoms with van der Waals surface area (Å²) in [4.78, 5) is 35.0. The SMILES string of the molecule is CCOc1cc(/C=C2/SC(=Nc3cccc(C(=O)N4CCOCC4)c3)N(CC)C2=O)ccc1OCc1ccccc1C#N. The molecule has 220 valence electrons. The number of hydrogen-bond donors (Lipinski definition) is 0. The van der Waals surface area contributed by atoms with E-state index in [4.69, 9.17) is 19.2 Å². The van der Waals surface area contributed by atoms with Crippen LogP contribution in [0, 0.1) is 11.3 Å². The highest BCUT2D eigenvalue weighted by atomic mass is 32.2. The third kappa shape index (κ3) is 7.08. The van der Waals surface area contributed by atoms with Crippen LogP contribution in [0.2, 0.25) is 0 Å². The Hall–Kier alpha value is -4.59. The molecule has 9 nitrogen and oxygen atoms in total. The van der Waals surface area contributed by atoms with Gasteiger partial charge in [-0.3, -0.25) is 14.5 Å². The van der Waals surface area contributed by atoms with Crippen LogP contribution < -0.4 is 9.47 Å². The molecule has 2 aliphatic rings. The predicted molar refractivity (Wildman–Crippen MR) is 166 cm³/mol. The Morgan fingerprint density at radius 1 is 1.05 bits per heavy atom. The zero-order valence-electron chi connectivity index (χ0n) is 24.1.